The van der Waals surface area contributed by atoms with Crippen LogP contribution in [0.5, 0.6) is 6.01 Å². The molecule has 0 spiro atoms. The Labute approximate surface area is 258 Å². The summed E-state index contributed by atoms with van der Waals surface area (Å²) in [6.07, 6.45) is 1.91. The fourth-order valence-electron chi connectivity index (χ4n) is 6.93. The molecular formula is C34H40FN7O2. The highest BCUT2D eigenvalue weighted by atomic mass is 19.1. The van der Waals surface area contributed by atoms with Crippen LogP contribution in [0.4, 0.5) is 15.9 Å². The third-order valence-electron chi connectivity index (χ3n) is 9.31. The third kappa shape index (κ3) is 5.69. The Morgan fingerprint density at radius 2 is 1.91 bits per heavy atom. The van der Waals surface area contributed by atoms with Gasteiger partial charge in [0.2, 0.25) is 0 Å². The van der Waals surface area contributed by atoms with Gasteiger partial charge in [0.25, 0.3) is 5.91 Å². The Hall–Kier alpha value is -4.23. The Balaban J connectivity index is 1.33. The molecular weight excluding hydrogens is 557 g/mol. The second kappa shape index (κ2) is 12.4. The normalized spacial score (nSPS) is 20.3. The molecule has 4 heterocycles. The summed E-state index contributed by atoms with van der Waals surface area (Å²) < 4.78 is 20.1. The average molecular weight is 598 g/mol. The lowest BCUT2D eigenvalue weighted by Crippen LogP contribution is -2.56. The quantitative estimate of drug-likeness (QED) is 0.343. The number of piperazine rings is 1. The van der Waals surface area contributed by atoms with Crippen molar-refractivity contribution < 1.29 is 13.9 Å². The maximum absolute atomic E-state index is 13.8. The first-order chi connectivity index (χ1) is 21.2. The predicted molar refractivity (Wildman–Crippen MR) is 169 cm³/mol. The molecule has 2 saturated heterocycles. The van der Waals surface area contributed by atoms with Gasteiger partial charge >= 0.3 is 6.01 Å². The molecule has 6 rings (SSSR count). The second-order valence-corrected chi connectivity index (χ2v) is 12.3. The van der Waals surface area contributed by atoms with Crippen LogP contribution in [0.2, 0.25) is 0 Å². The number of benzene rings is 2. The summed E-state index contributed by atoms with van der Waals surface area (Å²) in [6, 6.07) is 15.6. The van der Waals surface area contributed by atoms with Crippen LogP contribution in [-0.2, 0) is 17.8 Å². The van der Waals surface area contributed by atoms with Gasteiger partial charge in [0, 0.05) is 61.4 Å². The number of halogens is 1. The van der Waals surface area contributed by atoms with Crippen LogP contribution in [0.1, 0.15) is 43.5 Å². The van der Waals surface area contributed by atoms with Crippen LogP contribution < -0.4 is 14.5 Å². The minimum Gasteiger partial charge on any atom is -0.462 e. The lowest BCUT2D eigenvalue weighted by molar-refractivity contribution is -0.131. The van der Waals surface area contributed by atoms with Gasteiger partial charge in [0.15, 0.2) is 5.83 Å². The van der Waals surface area contributed by atoms with E-state index in [9.17, 15) is 14.4 Å². The van der Waals surface area contributed by atoms with Crippen LogP contribution in [0.15, 0.2) is 48.8 Å². The number of carbonyl (C=O) groups excluding carboxylic acids is 1. The van der Waals surface area contributed by atoms with E-state index in [2.05, 4.69) is 84.5 Å². The Morgan fingerprint density at radius 1 is 1.11 bits per heavy atom. The highest BCUT2D eigenvalue weighted by molar-refractivity contribution is 5.97. The van der Waals surface area contributed by atoms with Gasteiger partial charge in [-0.25, -0.2) is 4.39 Å². The summed E-state index contributed by atoms with van der Waals surface area (Å²) in [5.74, 6) is -0.983. The highest BCUT2D eigenvalue weighted by Gasteiger charge is 2.35. The molecule has 2 atom stereocenters. The summed E-state index contributed by atoms with van der Waals surface area (Å²) >= 11 is 0. The molecule has 1 aromatic heterocycles. The largest absolute Gasteiger partial charge is 0.462 e. The number of hydrogen-bond donors (Lipinski definition) is 0. The number of ether oxygens (including phenoxy) is 1. The molecule has 2 aromatic carbocycles. The number of nitrogens with zero attached hydrogens (tertiary/aromatic N) is 7. The van der Waals surface area contributed by atoms with Crippen LogP contribution in [-0.4, -0.2) is 83.1 Å². The average Bonchev–Trinajstić information content (AvgIpc) is 2.99. The molecule has 0 saturated carbocycles. The molecule has 10 heteroatoms. The Kier molecular flexibility index (Phi) is 8.41. The van der Waals surface area contributed by atoms with E-state index in [0.29, 0.717) is 44.3 Å². The lowest BCUT2D eigenvalue weighted by Gasteiger charge is -2.43. The molecule has 3 aliphatic rings. The van der Waals surface area contributed by atoms with Gasteiger partial charge in [0.05, 0.1) is 30.8 Å². The summed E-state index contributed by atoms with van der Waals surface area (Å²) in [5, 5.41) is 12.0. The van der Waals surface area contributed by atoms with Gasteiger partial charge in [0.1, 0.15) is 12.4 Å². The van der Waals surface area contributed by atoms with Gasteiger partial charge in [-0.15, -0.1) is 0 Å². The summed E-state index contributed by atoms with van der Waals surface area (Å²) in [7, 11) is 0. The van der Waals surface area contributed by atoms with Gasteiger partial charge in [-0.1, -0.05) is 36.9 Å². The lowest BCUT2D eigenvalue weighted by atomic mass is 9.99. The number of amides is 1. The Morgan fingerprint density at radius 3 is 2.61 bits per heavy atom. The molecule has 3 aromatic rings. The van der Waals surface area contributed by atoms with E-state index in [1.54, 1.807) is 0 Å². The first-order valence-corrected chi connectivity index (χ1v) is 15.5. The van der Waals surface area contributed by atoms with Crippen LogP contribution in [0.25, 0.3) is 10.8 Å². The number of likely N-dealkylation sites (tertiary alicyclic amines) is 1. The number of hydrogen-bond acceptors (Lipinski definition) is 8. The molecule has 9 nitrogen and oxygen atoms in total. The summed E-state index contributed by atoms with van der Waals surface area (Å²) in [6.45, 7) is 13.8. The fourth-order valence-corrected chi connectivity index (χ4v) is 6.93. The molecule has 0 aliphatic carbocycles. The molecule has 0 bridgehead atoms. The first-order valence-electron chi connectivity index (χ1n) is 15.5. The van der Waals surface area contributed by atoms with Crippen molar-refractivity contribution in [3.8, 4) is 12.1 Å². The van der Waals surface area contributed by atoms with Crippen molar-refractivity contribution in [1.29, 1.82) is 5.26 Å². The number of nitriles is 1. The monoisotopic (exact) mass is 597 g/mol. The van der Waals surface area contributed by atoms with Crippen molar-refractivity contribution >= 4 is 28.2 Å². The van der Waals surface area contributed by atoms with Gasteiger partial charge < -0.3 is 19.4 Å². The molecule has 3 aliphatic heterocycles. The molecule has 1 unspecified atom stereocenters. The van der Waals surface area contributed by atoms with E-state index in [0.717, 1.165) is 43.0 Å². The zero-order valence-electron chi connectivity index (χ0n) is 25.8. The van der Waals surface area contributed by atoms with Crippen molar-refractivity contribution in [2.45, 2.75) is 64.7 Å². The molecule has 44 heavy (non-hydrogen) atoms. The maximum atomic E-state index is 13.8. The molecule has 2 fully saturated rings. The molecule has 0 radical (unpaired) electrons. The van der Waals surface area contributed by atoms with E-state index in [-0.39, 0.29) is 13.0 Å². The molecule has 1 amide bonds. The standard InChI is InChI=1S/C34H40FN7O2/c1-22(2)41-16-12-27(41)21-44-34-37-29-20-39(30-10-6-9-25-8-5-7-23(3)31(25)30)15-13-28(29)32(38-34)40-17-18-42(33(43)24(4)35)26(19-40)11-14-36/h5-10,22,26-27H,4,11-13,15-21H2,1-3H3/t26-,27?/m0/s1. The number of aryl methyl sites for hydroxylation is 1. The fraction of sp³-hybridized carbons (Fsp3) is 0.471. The van der Waals surface area contributed by atoms with Gasteiger partial charge in [-0.2, -0.15) is 15.2 Å². The third-order valence-corrected chi connectivity index (χ3v) is 9.31. The van der Waals surface area contributed by atoms with Crippen molar-refractivity contribution in [2.24, 2.45) is 0 Å². The number of anilines is 2. The van der Waals surface area contributed by atoms with Gasteiger partial charge in [-0.05, 0) is 50.6 Å². The van der Waals surface area contributed by atoms with Gasteiger partial charge in [-0.3, -0.25) is 9.69 Å². The Bertz CT molecular complexity index is 1610. The first kappa shape index (κ1) is 29.8. The van der Waals surface area contributed by atoms with Crippen LogP contribution >= 0.6 is 0 Å². The zero-order chi connectivity index (χ0) is 31.0. The van der Waals surface area contributed by atoms with Crippen LogP contribution in [0, 0.1) is 18.3 Å². The SMILES string of the molecule is C=C(F)C(=O)N1CCN(c2nc(OCC3CCN3C(C)C)nc3c2CCN(c2cccc4cccc(C)c24)C3)C[C@@H]1CC#N. The van der Waals surface area contributed by atoms with Crippen molar-refractivity contribution in [3.63, 3.8) is 0 Å². The van der Waals surface area contributed by atoms with E-state index >= 15 is 0 Å². The van der Waals surface area contributed by atoms with Crippen molar-refractivity contribution in [3.05, 3.63) is 65.6 Å². The molecule has 230 valence electrons. The second-order valence-electron chi connectivity index (χ2n) is 12.3. The zero-order valence-corrected chi connectivity index (χ0v) is 25.8. The van der Waals surface area contributed by atoms with E-state index < -0.39 is 17.8 Å². The number of aromatic nitrogens is 2. The summed E-state index contributed by atoms with van der Waals surface area (Å²) in [5.41, 5.74) is 4.40. The minimum absolute atomic E-state index is 0.0904. The molecule has 0 N–H and O–H groups in total. The number of fused-ring (bicyclic) bond motifs is 2. The van der Waals surface area contributed by atoms with E-state index in [1.165, 1.54) is 26.9 Å². The van der Waals surface area contributed by atoms with Crippen molar-refractivity contribution in [1.82, 2.24) is 19.8 Å². The highest BCUT2D eigenvalue weighted by Crippen LogP contribution is 2.36. The smallest absolute Gasteiger partial charge is 0.318 e. The van der Waals surface area contributed by atoms with Crippen LogP contribution in [0.3, 0.4) is 0 Å². The topological polar surface area (TPSA) is 88.8 Å². The van der Waals surface area contributed by atoms with Crippen molar-refractivity contribution in [2.75, 3.05) is 49.1 Å². The minimum atomic E-state index is -1.01. The predicted octanol–water partition coefficient (Wildman–Crippen LogP) is 4.78. The summed E-state index contributed by atoms with van der Waals surface area (Å²) in [4.78, 5) is 30.8. The van der Waals surface area contributed by atoms with E-state index in [4.69, 9.17) is 14.7 Å². The maximum Gasteiger partial charge on any atom is 0.318 e. The van der Waals surface area contributed by atoms with E-state index in [1.807, 2.05) is 0 Å². The number of carbonyl (C=O) groups is 1. The number of rotatable bonds is 8.